The molecule has 1 aliphatic carbocycles. The van der Waals surface area contributed by atoms with Crippen molar-refractivity contribution in [2.24, 2.45) is 11.7 Å². The summed E-state index contributed by atoms with van der Waals surface area (Å²) in [6, 6.07) is 2.94. The Balaban J connectivity index is 2.03. The maximum atomic E-state index is 10.5. The normalized spacial score (nSPS) is 18.1. The minimum Gasteiger partial charge on any atom is -0.475 e. The van der Waals surface area contributed by atoms with E-state index in [1.807, 2.05) is 0 Å². The summed E-state index contributed by atoms with van der Waals surface area (Å²) in [5.74, 6) is 0.207. The molecule has 0 radical (unpaired) electrons. The number of hydrogen-bond acceptors (Lipinski definition) is 3. The molecule has 1 aromatic heterocycles. The fourth-order valence-electron chi connectivity index (χ4n) is 1.50. The monoisotopic (exact) mass is 195 g/mol. The van der Waals surface area contributed by atoms with Crippen LogP contribution in [0, 0.1) is 5.92 Å². The van der Waals surface area contributed by atoms with Gasteiger partial charge >= 0.3 is 5.97 Å². The zero-order chi connectivity index (χ0) is 10.1. The predicted molar refractivity (Wildman–Crippen MR) is 49.9 cm³/mol. The highest BCUT2D eigenvalue weighted by atomic mass is 16.4. The number of carboxylic acid groups (broad SMARTS) is 1. The Morgan fingerprint density at radius 1 is 1.64 bits per heavy atom. The zero-order valence-electron chi connectivity index (χ0n) is 7.77. The fourth-order valence-corrected chi connectivity index (χ4v) is 1.50. The zero-order valence-corrected chi connectivity index (χ0v) is 7.77. The topological polar surface area (TPSA) is 76.5 Å². The summed E-state index contributed by atoms with van der Waals surface area (Å²) in [5.41, 5.74) is 5.86. The summed E-state index contributed by atoms with van der Waals surface area (Å²) in [5, 5.41) is 8.64. The first-order valence-corrected chi connectivity index (χ1v) is 4.75. The molecule has 1 fully saturated rings. The SMILES string of the molecule is N[C@H](CC1CC1)c1ccc(C(=O)O)o1. The molecule has 1 heterocycles. The Labute approximate surface area is 81.7 Å². The van der Waals surface area contributed by atoms with Crippen molar-refractivity contribution in [3.05, 3.63) is 23.7 Å². The molecule has 76 valence electrons. The molecular weight excluding hydrogens is 182 g/mol. The van der Waals surface area contributed by atoms with Crippen molar-refractivity contribution < 1.29 is 14.3 Å². The summed E-state index contributed by atoms with van der Waals surface area (Å²) in [6.45, 7) is 0. The van der Waals surface area contributed by atoms with E-state index < -0.39 is 5.97 Å². The molecule has 0 bridgehead atoms. The molecule has 1 atom stereocenters. The smallest absolute Gasteiger partial charge is 0.371 e. The molecule has 2 rings (SSSR count). The van der Waals surface area contributed by atoms with Gasteiger partial charge in [-0.3, -0.25) is 0 Å². The van der Waals surface area contributed by atoms with Crippen LogP contribution >= 0.6 is 0 Å². The van der Waals surface area contributed by atoms with E-state index in [1.54, 1.807) is 6.07 Å². The molecule has 0 aromatic carbocycles. The molecule has 0 saturated heterocycles. The third-order valence-corrected chi connectivity index (χ3v) is 2.49. The van der Waals surface area contributed by atoms with Crippen LogP contribution in [-0.2, 0) is 0 Å². The standard InChI is InChI=1S/C10H13NO3/c11-7(5-6-1-2-6)8-3-4-9(14-8)10(12)13/h3-4,6-7H,1-2,5,11H2,(H,12,13)/t7-/m1/s1. The lowest BCUT2D eigenvalue weighted by atomic mass is 10.1. The van der Waals surface area contributed by atoms with E-state index in [4.69, 9.17) is 15.3 Å². The number of nitrogens with two attached hydrogens (primary N) is 1. The van der Waals surface area contributed by atoms with E-state index in [-0.39, 0.29) is 11.8 Å². The van der Waals surface area contributed by atoms with Crippen LogP contribution in [0.4, 0.5) is 0 Å². The largest absolute Gasteiger partial charge is 0.475 e. The van der Waals surface area contributed by atoms with E-state index in [0.717, 1.165) is 6.42 Å². The van der Waals surface area contributed by atoms with Crippen molar-refractivity contribution in [3.8, 4) is 0 Å². The second kappa shape index (κ2) is 3.46. The molecule has 14 heavy (non-hydrogen) atoms. The van der Waals surface area contributed by atoms with Crippen molar-refractivity contribution in [2.75, 3.05) is 0 Å². The Bertz CT molecular complexity index is 341. The average molecular weight is 195 g/mol. The van der Waals surface area contributed by atoms with Gasteiger partial charge in [-0.1, -0.05) is 12.8 Å². The molecule has 1 aliphatic rings. The Morgan fingerprint density at radius 3 is 2.86 bits per heavy atom. The van der Waals surface area contributed by atoms with Gasteiger partial charge in [0.25, 0.3) is 0 Å². The van der Waals surface area contributed by atoms with Gasteiger partial charge in [0.1, 0.15) is 5.76 Å². The fraction of sp³-hybridized carbons (Fsp3) is 0.500. The molecule has 1 aromatic rings. The lowest BCUT2D eigenvalue weighted by Gasteiger charge is -2.06. The van der Waals surface area contributed by atoms with Crippen LogP contribution in [0.25, 0.3) is 0 Å². The number of carbonyl (C=O) groups is 1. The minimum absolute atomic E-state index is 0.0359. The van der Waals surface area contributed by atoms with Crippen LogP contribution < -0.4 is 5.73 Å². The van der Waals surface area contributed by atoms with E-state index >= 15 is 0 Å². The third kappa shape index (κ3) is 1.96. The first kappa shape index (κ1) is 9.27. The van der Waals surface area contributed by atoms with Gasteiger partial charge in [-0.05, 0) is 24.5 Å². The quantitative estimate of drug-likeness (QED) is 0.767. The van der Waals surface area contributed by atoms with Gasteiger partial charge in [0.05, 0.1) is 6.04 Å². The van der Waals surface area contributed by atoms with Gasteiger partial charge in [-0.25, -0.2) is 4.79 Å². The van der Waals surface area contributed by atoms with Crippen LogP contribution in [0.3, 0.4) is 0 Å². The van der Waals surface area contributed by atoms with Crippen molar-refractivity contribution in [1.82, 2.24) is 0 Å². The highest BCUT2D eigenvalue weighted by Crippen LogP contribution is 2.36. The molecule has 1 saturated carbocycles. The van der Waals surface area contributed by atoms with Gasteiger partial charge in [0.2, 0.25) is 5.76 Å². The second-order valence-corrected chi connectivity index (χ2v) is 3.79. The maximum absolute atomic E-state index is 10.5. The van der Waals surface area contributed by atoms with E-state index in [1.165, 1.54) is 18.9 Å². The highest BCUT2D eigenvalue weighted by Gasteiger charge is 2.26. The van der Waals surface area contributed by atoms with Gasteiger partial charge in [-0.2, -0.15) is 0 Å². The average Bonchev–Trinajstić information content (AvgIpc) is 2.81. The van der Waals surface area contributed by atoms with Crippen LogP contribution in [-0.4, -0.2) is 11.1 Å². The summed E-state index contributed by atoms with van der Waals surface area (Å²) >= 11 is 0. The Hall–Kier alpha value is -1.29. The second-order valence-electron chi connectivity index (χ2n) is 3.79. The Kier molecular flexibility index (Phi) is 2.29. The third-order valence-electron chi connectivity index (χ3n) is 2.49. The number of aromatic carboxylic acids is 1. The van der Waals surface area contributed by atoms with Gasteiger partial charge in [0, 0.05) is 0 Å². The van der Waals surface area contributed by atoms with Gasteiger partial charge in [-0.15, -0.1) is 0 Å². The first-order valence-electron chi connectivity index (χ1n) is 4.75. The molecular formula is C10H13NO3. The summed E-state index contributed by atoms with van der Waals surface area (Å²) in [4.78, 5) is 10.5. The van der Waals surface area contributed by atoms with Crippen molar-refractivity contribution in [1.29, 1.82) is 0 Å². The lowest BCUT2D eigenvalue weighted by Crippen LogP contribution is -2.09. The summed E-state index contributed by atoms with van der Waals surface area (Å²) in [6.07, 6.45) is 3.37. The number of furan rings is 1. The highest BCUT2D eigenvalue weighted by molar-refractivity contribution is 5.84. The van der Waals surface area contributed by atoms with E-state index in [2.05, 4.69) is 0 Å². The first-order chi connectivity index (χ1) is 6.66. The van der Waals surface area contributed by atoms with Crippen LogP contribution in [0.1, 0.15) is 41.6 Å². The van der Waals surface area contributed by atoms with Crippen molar-refractivity contribution >= 4 is 5.97 Å². The van der Waals surface area contributed by atoms with E-state index in [0.29, 0.717) is 11.7 Å². The molecule has 4 nitrogen and oxygen atoms in total. The van der Waals surface area contributed by atoms with Crippen molar-refractivity contribution in [2.45, 2.75) is 25.3 Å². The van der Waals surface area contributed by atoms with E-state index in [9.17, 15) is 4.79 Å². The summed E-state index contributed by atoms with van der Waals surface area (Å²) < 4.78 is 5.11. The maximum Gasteiger partial charge on any atom is 0.371 e. The molecule has 0 spiro atoms. The van der Waals surface area contributed by atoms with Crippen LogP contribution in [0.2, 0.25) is 0 Å². The number of carboxylic acids is 1. The van der Waals surface area contributed by atoms with Crippen LogP contribution in [0.15, 0.2) is 16.5 Å². The van der Waals surface area contributed by atoms with Gasteiger partial charge in [0.15, 0.2) is 0 Å². The molecule has 0 amide bonds. The Morgan fingerprint density at radius 2 is 2.36 bits per heavy atom. The molecule has 3 N–H and O–H groups in total. The molecule has 0 unspecified atom stereocenters. The minimum atomic E-state index is -1.05. The summed E-state index contributed by atoms with van der Waals surface area (Å²) in [7, 11) is 0. The number of hydrogen-bond donors (Lipinski definition) is 2. The number of rotatable bonds is 4. The predicted octanol–water partition coefficient (Wildman–Crippen LogP) is 1.78. The van der Waals surface area contributed by atoms with Crippen LogP contribution in [0.5, 0.6) is 0 Å². The molecule has 4 heteroatoms. The molecule has 0 aliphatic heterocycles. The lowest BCUT2D eigenvalue weighted by molar-refractivity contribution is 0.0659. The van der Waals surface area contributed by atoms with Gasteiger partial charge < -0.3 is 15.3 Å². The van der Waals surface area contributed by atoms with Crippen molar-refractivity contribution in [3.63, 3.8) is 0 Å².